The highest BCUT2D eigenvalue weighted by Crippen LogP contribution is 2.14. The van der Waals surface area contributed by atoms with E-state index >= 15 is 0 Å². The van der Waals surface area contributed by atoms with Crippen molar-refractivity contribution in [3.63, 3.8) is 0 Å². The van der Waals surface area contributed by atoms with E-state index in [4.69, 9.17) is 4.74 Å². The molecule has 1 atom stereocenters. The SMILES string of the molecule is Cc1cn(C[C@H](CC(=O)O)NC(=O)OCc2ccccc2)c(=O)nc1NCc1ccc(NC(=O)NCc2ccccc2)cc1. The summed E-state index contributed by atoms with van der Waals surface area (Å²) >= 11 is 0. The van der Waals surface area contributed by atoms with Crippen molar-refractivity contribution >= 4 is 29.6 Å². The Bertz CT molecular complexity index is 1610. The molecule has 5 N–H and O–H groups in total. The molecule has 44 heavy (non-hydrogen) atoms. The molecule has 4 rings (SSSR count). The molecule has 0 unspecified atom stereocenters. The lowest BCUT2D eigenvalue weighted by atomic mass is 10.2. The molecule has 12 nitrogen and oxygen atoms in total. The molecule has 1 heterocycles. The van der Waals surface area contributed by atoms with E-state index in [0.29, 0.717) is 30.2 Å². The number of carboxylic acid groups (broad SMARTS) is 1. The fraction of sp³-hybridized carbons (Fsp3) is 0.219. The molecular weight excluding hydrogens is 564 g/mol. The number of aliphatic carboxylic acids is 1. The second kappa shape index (κ2) is 15.5. The summed E-state index contributed by atoms with van der Waals surface area (Å²) in [5.41, 5.74) is 3.35. The quantitative estimate of drug-likeness (QED) is 0.152. The lowest BCUT2D eigenvalue weighted by Gasteiger charge is -2.19. The van der Waals surface area contributed by atoms with Gasteiger partial charge in [0.1, 0.15) is 12.4 Å². The summed E-state index contributed by atoms with van der Waals surface area (Å²) in [4.78, 5) is 52.8. The van der Waals surface area contributed by atoms with Crippen LogP contribution in [0.25, 0.3) is 0 Å². The number of carbonyl (C=O) groups excluding carboxylic acids is 2. The number of benzene rings is 3. The van der Waals surface area contributed by atoms with Gasteiger partial charge >= 0.3 is 23.8 Å². The van der Waals surface area contributed by atoms with E-state index in [2.05, 4.69) is 26.3 Å². The molecule has 3 aromatic carbocycles. The largest absolute Gasteiger partial charge is 0.481 e. The lowest BCUT2D eigenvalue weighted by Crippen LogP contribution is -2.42. The molecule has 0 saturated heterocycles. The van der Waals surface area contributed by atoms with E-state index in [1.54, 1.807) is 37.4 Å². The highest BCUT2D eigenvalue weighted by Gasteiger charge is 2.19. The normalized spacial score (nSPS) is 11.2. The van der Waals surface area contributed by atoms with Gasteiger partial charge in [0.25, 0.3) is 0 Å². The number of alkyl carbamates (subject to hydrolysis) is 1. The minimum atomic E-state index is -1.14. The van der Waals surface area contributed by atoms with Crippen molar-refractivity contribution in [3.05, 3.63) is 124 Å². The minimum Gasteiger partial charge on any atom is -0.481 e. The van der Waals surface area contributed by atoms with Crippen molar-refractivity contribution in [2.45, 2.75) is 45.6 Å². The fourth-order valence-corrected chi connectivity index (χ4v) is 4.29. The second-order valence-corrected chi connectivity index (χ2v) is 10.1. The molecule has 3 amide bonds. The second-order valence-electron chi connectivity index (χ2n) is 10.1. The van der Waals surface area contributed by atoms with Gasteiger partial charge in [0, 0.05) is 37.1 Å². The van der Waals surface area contributed by atoms with Crippen LogP contribution in [0.15, 0.2) is 95.9 Å². The van der Waals surface area contributed by atoms with Gasteiger partial charge in [0.15, 0.2) is 0 Å². The van der Waals surface area contributed by atoms with Gasteiger partial charge in [-0.15, -0.1) is 0 Å². The Morgan fingerprint density at radius 1 is 0.886 bits per heavy atom. The number of carboxylic acids is 1. The zero-order valence-corrected chi connectivity index (χ0v) is 24.2. The van der Waals surface area contributed by atoms with Gasteiger partial charge in [0.05, 0.1) is 12.5 Å². The van der Waals surface area contributed by atoms with E-state index in [1.165, 1.54) is 4.57 Å². The third-order valence-electron chi connectivity index (χ3n) is 6.52. The van der Waals surface area contributed by atoms with Crippen LogP contribution in [0.1, 0.15) is 28.7 Å². The molecule has 0 bridgehead atoms. The van der Waals surface area contributed by atoms with Gasteiger partial charge in [-0.1, -0.05) is 72.8 Å². The van der Waals surface area contributed by atoms with Crippen molar-refractivity contribution in [3.8, 4) is 0 Å². The van der Waals surface area contributed by atoms with Gasteiger partial charge in [-0.05, 0) is 35.7 Å². The standard InChI is InChI=1S/C32H34N6O6/c1-22-19-38(20-27(16-28(39)40)36-32(43)44-21-25-10-6-3-7-11-25)31(42)37-29(22)33-17-24-12-14-26(15-13-24)35-30(41)34-18-23-8-4-2-5-9-23/h2-15,19,27H,16-18,20-21H2,1H3,(H,36,43)(H,39,40)(H,33,37,42)(H2,34,35,41)/t27-/m0/s1. The highest BCUT2D eigenvalue weighted by molar-refractivity contribution is 5.89. The topological polar surface area (TPSA) is 164 Å². The van der Waals surface area contributed by atoms with E-state index in [1.807, 2.05) is 60.7 Å². The molecule has 1 aromatic heterocycles. The fourth-order valence-electron chi connectivity index (χ4n) is 4.29. The number of urea groups is 1. The summed E-state index contributed by atoms with van der Waals surface area (Å²) in [5.74, 6) is -0.762. The van der Waals surface area contributed by atoms with Gasteiger partial charge in [-0.25, -0.2) is 14.4 Å². The summed E-state index contributed by atoms with van der Waals surface area (Å²) in [5, 5.41) is 20.6. The zero-order valence-electron chi connectivity index (χ0n) is 24.2. The monoisotopic (exact) mass is 598 g/mol. The first-order valence-corrected chi connectivity index (χ1v) is 13.9. The van der Waals surface area contributed by atoms with Crippen molar-refractivity contribution in [1.29, 1.82) is 0 Å². The van der Waals surface area contributed by atoms with Crippen LogP contribution in [0, 0.1) is 6.92 Å². The minimum absolute atomic E-state index is 0.0246. The van der Waals surface area contributed by atoms with Crippen LogP contribution in [0.3, 0.4) is 0 Å². The smallest absolute Gasteiger partial charge is 0.407 e. The number of aromatic nitrogens is 2. The van der Waals surface area contributed by atoms with E-state index < -0.39 is 30.2 Å². The predicted molar refractivity (Wildman–Crippen MR) is 165 cm³/mol. The molecule has 0 spiro atoms. The molecule has 4 aromatic rings. The number of aryl methyl sites for hydroxylation is 1. The molecule has 0 saturated carbocycles. The predicted octanol–water partition coefficient (Wildman–Crippen LogP) is 4.26. The Kier molecular flexibility index (Phi) is 11.1. The van der Waals surface area contributed by atoms with Crippen LogP contribution in [0.5, 0.6) is 0 Å². The van der Waals surface area contributed by atoms with Crippen LogP contribution in [-0.4, -0.2) is 38.8 Å². The lowest BCUT2D eigenvalue weighted by molar-refractivity contribution is -0.137. The molecule has 0 aliphatic carbocycles. The van der Waals surface area contributed by atoms with E-state index in [0.717, 1.165) is 16.7 Å². The first-order chi connectivity index (χ1) is 21.2. The average Bonchev–Trinajstić information content (AvgIpc) is 3.01. The van der Waals surface area contributed by atoms with Crippen LogP contribution in [-0.2, 0) is 35.8 Å². The van der Waals surface area contributed by atoms with Crippen molar-refractivity contribution in [2.24, 2.45) is 0 Å². The number of hydrogen-bond acceptors (Lipinski definition) is 7. The molecule has 0 aliphatic rings. The number of nitrogens with zero attached hydrogens (tertiary/aromatic N) is 2. The molecule has 12 heteroatoms. The third kappa shape index (κ3) is 10.0. The van der Waals surface area contributed by atoms with Crippen LogP contribution >= 0.6 is 0 Å². The molecule has 0 radical (unpaired) electrons. The van der Waals surface area contributed by atoms with Crippen LogP contribution in [0.4, 0.5) is 21.1 Å². The number of hydrogen-bond donors (Lipinski definition) is 5. The number of ether oxygens (including phenoxy) is 1. The van der Waals surface area contributed by atoms with Crippen molar-refractivity contribution in [1.82, 2.24) is 20.2 Å². The Labute approximate surface area is 254 Å². The maximum absolute atomic E-state index is 12.8. The van der Waals surface area contributed by atoms with Gasteiger partial charge < -0.3 is 31.1 Å². The van der Waals surface area contributed by atoms with Crippen molar-refractivity contribution < 1.29 is 24.2 Å². The summed E-state index contributed by atoms with van der Waals surface area (Å²) < 4.78 is 6.46. The Morgan fingerprint density at radius 3 is 2.18 bits per heavy atom. The molecular formula is C32H34N6O6. The number of amides is 3. The number of rotatable bonds is 13. The summed E-state index contributed by atoms with van der Waals surface area (Å²) in [6, 6.07) is 24.7. The van der Waals surface area contributed by atoms with E-state index in [9.17, 15) is 24.3 Å². The van der Waals surface area contributed by atoms with Gasteiger partial charge in [0.2, 0.25) is 0 Å². The highest BCUT2D eigenvalue weighted by atomic mass is 16.5. The first kappa shape index (κ1) is 31.3. The number of carbonyl (C=O) groups is 3. The molecule has 0 fully saturated rings. The summed E-state index contributed by atoms with van der Waals surface area (Å²) in [6.07, 6.45) is 0.362. The Morgan fingerprint density at radius 2 is 1.52 bits per heavy atom. The first-order valence-electron chi connectivity index (χ1n) is 13.9. The van der Waals surface area contributed by atoms with Crippen molar-refractivity contribution in [2.75, 3.05) is 10.6 Å². The van der Waals surface area contributed by atoms with Crippen LogP contribution in [0.2, 0.25) is 0 Å². The summed E-state index contributed by atoms with van der Waals surface area (Å²) in [6.45, 7) is 2.47. The zero-order chi connectivity index (χ0) is 31.3. The third-order valence-corrected chi connectivity index (χ3v) is 6.52. The molecule has 0 aliphatic heterocycles. The maximum Gasteiger partial charge on any atom is 0.407 e. The number of anilines is 2. The van der Waals surface area contributed by atoms with Gasteiger partial charge in [-0.3, -0.25) is 9.36 Å². The summed E-state index contributed by atoms with van der Waals surface area (Å²) in [7, 11) is 0. The van der Waals surface area contributed by atoms with E-state index in [-0.39, 0.29) is 19.2 Å². The maximum atomic E-state index is 12.8. The van der Waals surface area contributed by atoms with Gasteiger partial charge in [-0.2, -0.15) is 4.98 Å². The number of nitrogens with one attached hydrogen (secondary N) is 4. The average molecular weight is 599 g/mol. The molecule has 228 valence electrons. The Hall–Kier alpha value is -5.65. The Balaban J connectivity index is 1.29. The van der Waals surface area contributed by atoms with Crippen LogP contribution < -0.4 is 27.0 Å².